The van der Waals surface area contributed by atoms with Gasteiger partial charge in [0.1, 0.15) is 5.82 Å². The van der Waals surface area contributed by atoms with E-state index >= 15 is 0 Å². The summed E-state index contributed by atoms with van der Waals surface area (Å²) in [6.07, 6.45) is 1.65. The number of halogens is 1. The maximum absolute atomic E-state index is 13.6. The molecule has 2 aromatic rings. The van der Waals surface area contributed by atoms with Crippen LogP contribution in [0, 0.1) is 5.82 Å². The Kier molecular flexibility index (Phi) is 8.65. The van der Waals surface area contributed by atoms with Gasteiger partial charge >= 0.3 is 0 Å². The number of sulfonamides is 1. The van der Waals surface area contributed by atoms with Gasteiger partial charge < -0.3 is 19.1 Å². The summed E-state index contributed by atoms with van der Waals surface area (Å²) in [5, 5.41) is 0. The van der Waals surface area contributed by atoms with Crippen molar-refractivity contribution in [2.24, 2.45) is 0 Å². The Balaban J connectivity index is 1.63. The first-order valence-corrected chi connectivity index (χ1v) is 12.2. The molecule has 33 heavy (non-hydrogen) atoms. The molecule has 10 heteroatoms. The van der Waals surface area contributed by atoms with E-state index < -0.39 is 10.0 Å². The number of benzene rings is 2. The van der Waals surface area contributed by atoms with Gasteiger partial charge in [0.25, 0.3) is 0 Å². The molecule has 0 aromatic heterocycles. The predicted octanol–water partition coefficient (Wildman–Crippen LogP) is 2.72. The number of nitrogens with zero attached hydrogens (tertiary/aromatic N) is 1. The minimum Gasteiger partial charge on any atom is -0.493 e. The SMILES string of the molecule is COc1ccc(S(=O)(=O)NCCC(=O)N(Cc2cccc(F)c2)CC2CCCO2)cc1OC. The Morgan fingerprint density at radius 3 is 2.64 bits per heavy atom. The molecular formula is C23H29FN2O6S. The second-order valence-corrected chi connectivity index (χ2v) is 9.47. The number of rotatable bonds is 11. The average molecular weight is 481 g/mol. The zero-order valence-corrected chi connectivity index (χ0v) is 19.6. The summed E-state index contributed by atoms with van der Waals surface area (Å²) in [5.74, 6) is 0.0764. The van der Waals surface area contributed by atoms with Crippen LogP contribution >= 0.6 is 0 Å². The van der Waals surface area contributed by atoms with Crippen molar-refractivity contribution in [3.05, 3.63) is 53.8 Å². The van der Waals surface area contributed by atoms with E-state index in [1.54, 1.807) is 17.0 Å². The quantitative estimate of drug-likeness (QED) is 0.532. The van der Waals surface area contributed by atoms with Gasteiger partial charge in [-0.3, -0.25) is 4.79 Å². The lowest BCUT2D eigenvalue weighted by Gasteiger charge is -2.26. The molecule has 0 bridgehead atoms. The molecule has 1 fully saturated rings. The first-order chi connectivity index (χ1) is 15.8. The van der Waals surface area contributed by atoms with Crippen molar-refractivity contribution < 1.29 is 31.8 Å². The maximum Gasteiger partial charge on any atom is 0.240 e. The molecule has 1 saturated heterocycles. The van der Waals surface area contributed by atoms with E-state index in [2.05, 4.69) is 4.72 Å². The van der Waals surface area contributed by atoms with E-state index in [0.717, 1.165) is 12.8 Å². The number of ether oxygens (including phenoxy) is 3. The van der Waals surface area contributed by atoms with Gasteiger partial charge in [-0.2, -0.15) is 0 Å². The molecule has 1 aliphatic heterocycles. The van der Waals surface area contributed by atoms with E-state index in [4.69, 9.17) is 14.2 Å². The number of methoxy groups -OCH3 is 2. The highest BCUT2D eigenvalue weighted by atomic mass is 32.2. The summed E-state index contributed by atoms with van der Waals surface area (Å²) in [5.41, 5.74) is 0.659. The molecule has 0 saturated carbocycles. The van der Waals surface area contributed by atoms with Gasteiger partial charge in [0.2, 0.25) is 15.9 Å². The average Bonchev–Trinajstić information content (AvgIpc) is 3.31. The van der Waals surface area contributed by atoms with Crippen molar-refractivity contribution >= 4 is 15.9 Å². The third-order valence-corrected chi connectivity index (χ3v) is 6.82. The van der Waals surface area contributed by atoms with Crippen molar-refractivity contribution in [3.8, 4) is 11.5 Å². The van der Waals surface area contributed by atoms with Crippen LogP contribution in [0.1, 0.15) is 24.8 Å². The Morgan fingerprint density at radius 2 is 1.97 bits per heavy atom. The van der Waals surface area contributed by atoms with E-state index in [9.17, 15) is 17.6 Å². The summed E-state index contributed by atoms with van der Waals surface area (Å²) in [4.78, 5) is 14.5. The second-order valence-electron chi connectivity index (χ2n) is 7.70. The number of carbonyl (C=O) groups is 1. The van der Waals surface area contributed by atoms with Crippen molar-refractivity contribution in [1.29, 1.82) is 0 Å². The highest BCUT2D eigenvalue weighted by molar-refractivity contribution is 7.89. The third-order valence-electron chi connectivity index (χ3n) is 5.36. The van der Waals surface area contributed by atoms with Gasteiger partial charge in [-0.05, 0) is 42.7 Å². The van der Waals surface area contributed by atoms with Gasteiger partial charge in [0, 0.05) is 38.7 Å². The lowest BCUT2D eigenvalue weighted by molar-refractivity contribution is -0.133. The number of nitrogens with one attached hydrogen (secondary N) is 1. The smallest absolute Gasteiger partial charge is 0.240 e. The Bertz CT molecular complexity index is 1060. The largest absolute Gasteiger partial charge is 0.493 e. The lowest BCUT2D eigenvalue weighted by atomic mass is 10.1. The maximum atomic E-state index is 13.6. The summed E-state index contributed by atoms with van der Waals surface area (Å²) < 4.78 is 57.3. The minimum atomic E-state index is -3.86. The van der Waals surface area contributed by atoms with Gasteiger partial charge in [0.15, 0.2) is 11.5 Å². The van der Waals surface area contributed by atoms with E-state index in [1.807, 2.05) is 0 Å². The molecule has 2 aromatic carbocycles. The van der Waals surface area contributed by atoms with Crippen molar-refractivity contribution in [2.45, 2.75) is 36.8 Å². The van der Waals surface area contributed by atoms with Crippen LogP contribution in [0.4, 0.5) is 4.39 Å². The van der Waals surface area contributed by atoms with Crippen LogP contribution in [0.3, 0.4) is 0 Å². The molecule has 0 radical (unpaired) electrons. The molecule has 1 amide bonds. The van der Waals surface area contributed by atoms with E-state index in [-0.39, 0.29) is 48.0 Å². The van der Waals surface area contributed by atoms with Gasteiger partial charge in [0.05, 0.1) is 25.2 Å². The Labute approximate surface area is 193 Å². The van der Waals surface area contributed by atoms with Crippen LogP contribution in [0.25, 0.3) is 0 Å². The molecular weight excluding hydrogens is 451 g/mol. The molecule has 1 heterocycles. The van der Waals surface area contributed by atoms with E-state index in [1.165, 1.54) is 44.6 Å². The van der Waals surface area contributed by atoms with Crippen LogP contribution < -0.4 is 14.2 Å². The monoisotopic (exact) mass is 480 g/mol. The number of carbonyl (C=O) groups excluding carboxylic acids is 1. The Morgan fingerprint density at radius 1 is 1.18 bits per heavy atom. The number of hydrogen-bond donors (Lipinski definition) is 1. The molecule has 1 unspecified atom stereocenters. The molecule has 1 N–H and O–H groups in total. The third kappa shape index (κ3) is 6.89. The summed E-state index contributed by atoms with van der Waals surface area (Å²) in [7, 11) is -0.978. The fraction of sp³-hybridized carbons (Fsp3) is 0.435. The molecule has 0 spiro atoms. The highest BCUT2D eigenvalue weighted by Crippen LogP contribution is 2.29. The van der Waals surface area contributed by atoms with Gasteiger partial charge in [-0.15, -0.1) is 0 Å². The fourth-order valence-corrected chi connectivity index (χ4v) is 4.71. The number of amides is 1. The lowest BCUT2D eigenvalue weighted by Crippen LogP contribution is -2.38. The molecule has 8 nitrogen and oxygen atoms in total. The Hall–Kier alpha value is -2.69. The van der Waals surface area contributed by atoms with E-state index in [0.29, 0.717) is 24.5 Å². The summed E-state index contributed by atoms with van der Waals surface area (Å²) >= 11 is 0. The minimum absolute atomic E-state index is 0.00331. The van der Waals surface area contributed by atoms with Crippen molar-refractivity contribution in [1.82, 2.24) is 9.62 Å². The normalized spacial score (nSPS) is 15.9. The van der Waals surface area contributed by atoms with Crippen molar-refractivity contribution in [2.75, 3.05) is 33.9 Å². The second kappa shape index (κ2) is 11.4. The standard InChI is InChI=1S/C23H29FN2O6S/c1-30-21-9-8-20(14-22(21)31-2)33(28,29)25-11-10-23(27)26(16-19-7-4-12-32-19)15-17-5-3-6-18(24)13-17/h3,5-6,8-9,13-14,19,25H,4,7,10-12,15-16H2,1-2H3. The first kappa shape index (κ1) is 24.9. The predicted molar refractivity (Wildman–Crippen MR) is 120 cm³/mol. The van der Waals surface area contributed by atoms with Crippen LogP contribution in [-0.2, 0) is 26.1 Å². The molecule has 1 atom stereocenters. The van der Waals surface area contributed by atoms with Crippen LogP contribution in [0.15, 0.2) is 47.4 Å². The molecule has 0 aliphatic carbocycles. The van der Waals surface area contributed by atoms with Crippen LogP contribution in [0.2, 0.25) is 0 Å². The topological polar surface area (TPSA) is 94.2 Å². The van der Waals surface area contributed by atoms with Crippen LogP contribution in [-0.4, -0.2) is 59.2 Å². The van der Waals surface area contributed by atoms with Crippen LogP contribution in [0.5, 0.6) is 11.5 Å². The fourth-order valence-electron chi connectivity index (χ4n) is 3.66. The zero-order valence-electron chi connectivity index (χ0n) is 18.8. The number of hydrogen-bond acceptors (Lipinski definition) is 6. The summed E-state index contributed by atoms with van der Waals surface area (Å²) in [6.45, 7) is 1.16. The molecule has 180 valence electrons. The van der Waals surface area contributed by atoms with Gasteiger partial charge in [-0.1, -0.05) is 12.1 Å². The van der Waals surface area contributed by atoms with Crippen molar-refractivity contribution in [3.63, 3.8) is 0 Å². The zero-order chi connectivity index (χ0) is 23.8. The summed E-state index contributed by atoms with van der Waals surface area (Å²) in [6, 6.07) is 10.3. The van der Waals surface area contributed by atoms with Gasteiger partial charge in [-0.25, -0.2) is 17.5 Å². The first-order valence-electron chi connectivity index (χ1n) is 10.7. The molecule has 1 aliphatic rings. The highest BCUT2D eigenvalue weighted by Gasteiger charge is 2.24. The molecule has 3 rings (SSSR count).